The van der Waals surface area contributed by atoms with Crippen LogP contribution in [0.4, 0.5) is 11.8 Å². The highest BCUT2D eigenvalue weighted by Gasteiger charge is 2.40. The predicted molar refractivity (Wildman–Crippen MR) is 135 cm³/mol. The molecule has 1 aliphatic carbocycles. The van der Waals surface area contributed by atoms with E-state index in [9.17, 15) is 4.79 Å². The van der Waals surface area contributed by atoms with Gasteiger partial charge < -0.3 is 16.4 Å². The van der Waals surface area contributed by atoms with Gasteiger partial charge in [-0.05, 0) is 55.3 Å². The summed E-state index contributed by atoms with van der Waals surface area (Å²) in [5, 5.41) is 0.717. The fourth-order valence-corrected chi connectivity index (χ4v) is 5.39. The van der Waals surface area contributed by atoms with Crippen LogP contribution in [0.5, 0.6) is 0 Å². The molecule has 0 amide bonds. The Labute approximate surface area is 203 Å². The van der Waals surface area contributed by atoms with E-state index in [4.69, 9.17) is 28.9 Å². The van der Waals surface area contributed by atoms with E-state index in [0.717, 1.165) is 38.8 Å². The lowest BCUT2D eigenvalue weighted by molar-refractivity contribution is 0.111. The van der Waals surface area contributed by atoms with Crippen molar-refractivity contribution in [2.45, 2.75) is 25.7 Å². The Morgan fingerprint density at radius 3 is 2.21 bits per heavy atom. The first-order valence-electron chi connectivity index (χ1n) is 11.0. The zero-order chi connectivity index (χ0) is 23.6. The molecule has 1 aromatic heterocycles. The van der Waals surface area contributed by atoms with Crippen LogP contribution >= 0.6 is 23.2 Å². The van der Waals surface area contributed by atoms with Crippen LogP contribution in [0.15, 0.2) is 42.5 Å². The van der Waals surface area contributed by atoms with E-state index in [1.54, 1.807) is 18.2 Å². The molecule has 4 N–H and O–H groups in total. The van der Waals surface area contributed by atoms with Gasteiger partial charge in [0.2, 0.25) is 5.95 Å². The molecule has 0 radical (unpaired) electrons. The number of halogens is 2. The van der Waals surface area contributed by atoms with Crippen molar-refractivity contribution < 1.29 is 4.79 Å². The molecule has 2 aliphatic rings. The molecule has 1 saturated heterocycles. The summed E-state index contributed by atoms with van der Waals surface area (Å²) in [6.45, 7) is 1.67. The van der Waals surface area contributed by atoms with E-state index in [1.165, 1.54) is 18.2 Å². The number of carbonyl (C=O) groups excluding carboxylic acids is 1. The second kappa shape index (κ2) is 9.67. The standard InChI is InChI=1S/C24H22Cl2N4O.CH5N/c25-18-7-3-6-17(21(18)26)20-19(14-31)28-23(29-22(20)27)30-10-8-24(9-11-30)12-15-4-1-2-5-16(15)13-24;1-2/h1-7,14H,8-13H2,(H2,27,28,29);2H2,1H3. The summed E-state index contributed by atoms with van der Waals surface area (Å²) in [6.07, 6.45) is 5.08. The second-order valence-corrected chi connectivity index (χ2v) is 9.28. The first-order chi connectivity index (χ1) is 16.0. The van der Waals surface area contributed by atoms with Crippen molar-refractivity contribution in [2.75, 3.05) is 30.8 Å². The predicted octanol–water partition coefficient (Wildman–Crippen LogP) is 4.81. The van der Waals surface area contributed by atoms with Gasteiger partial charge in [0, 0.05) is 18.7 Å². The van der Waals surface area contributed by atoms with Crippen LogP contribution in [-0.4, -0.2) is 36.4 Å². The number of piperidine rings is 1. The zero-order valence-corrected chi connectivity index (χ0v) is 20.0. The molecule has 2 aromatic carbocycles. The van der Waals surface area contributed by atoms with E-state index in [2.05, 4.69) is 44.9 Å². The molecule has 1 spiro atoms. The highest BCUT2D eigenvalue weighted by molar-refractivity contribution is 6.43. The van der Waals surface area contributed by atoms with Crippen LogP contribution in [0.25, 0.3) is 11.1 Å². The molecule has 1 fully saturated rings. The number of hydrogen-bond donors (Lipinski definition) is 2. The summed E-state index contributed by atoms with van der Waals surface area (Å²) in [4.78, 5) is 23.1. The maximum Gasteiger partial charge on any atom is 0.227 e. The number of hydrogen-bond acceptors (Lipinski definition) is 6. The molecule has 0 unspecified atom stereocenters. The molecular weight excluding hydrogens is 457 g/mol. The molecule has 0 saturated carbocycles. The third-order valence-corrected chi connectivity index (χ3v) is 7.46. The molecule has 0 bridgehead atoms. The highest BCUT2D eigenvalue weighted by Crippen LogP contribution is 2.45. The molecule has 0 atom stereocenters. The average molecular weight is 484 g/mol. The largest absolute Gasteiger partial charge is 0.383 e. The van der Waals surface area contributed by atoms with Crippen LogP contribution in [0.1, 0.15) is 34.5 Å². The number of rotatable bonds is 3. The molecule has 1 aliphatic heterocycles. The Hall–Kier alpha value is -2.67. The first-order valence-corrected chi connectivity index (χ1v) is 11.7. The number of aldehydes is 1. The number of nitrogen functional groups attached to an aromatic ring is 1. The molecule has 6 nitrogen and oxygen atoms in total. The van der Waals surface area contributed by atoms with Crippen LogP contribution in [0.3, 0.4) is 0 Å². The van der Waals surface area contributed by atoms with Gasteiger partial charge in [-0.3, -0.25) is 4.79 Å². The number of nitrogens with two attached hydrogens (primary N) is 2. The van der Waals surface area contributed by atoms with Crippen LogP contribution < -0.4 is 16.4 Å². The average Bonchev–Trinajstić information content (AvgIpc) is 3.20. The highest BCUT2D eigenvalue weighted by atomic mass is 35.5. The normalized spacial score (nSPS) is 16.2. The summed E-state index contributed by atoms with van der Waals surface area (Å²) in [5.41, 5.74) is 15.3. The van der Waals surface area contributed by atoms with Crippen molar-refractivity contribution in [3.05, 3.63) is 69.3 Å². The Balaban J connectivity index is 0.00000126. The Bertz CT molecular complexity index is 1150. The SMILES string of the molecule is CN.Nc1nc(N2CCC3(CC2)Cc2ccccc2C3)nc(C=O)c1-c1cccc(Cl)c1Cl. The molecular formula is C25H27Cl2N5O. The number of carbonyl (C=O) groups is 1. The van der Waals surface area contributed by atoms with Gasteiger partial charge in [0.1, 0.15) is 11.5 Å². The third-order valence-electron chi connectivity index (χ3n) is 6.64. The minimum atomic E-state index is 0.222. The van der Waals surface area contributed by atoms with E-state index >= 15 is 0 Å². The second-order valence-electron chi connectivity index (χ2n) is 8.50. The first kappa shape index (κ1) is 23.5. The molecule has 2 heterocycles. The van der Waals surface area contributed by atoms with Gasteiger partial charge in [0.15, 0.2) is 6.29 Å². The van der Waals surface area contributed by atoms with Crippen molar-refractivity contribution in [1.82, 2.24) is 9.97 Å². The smallest absolute Gasteiger partial charge is 0.227 e. The quantitative estimate of drug-likeness (QED) is 0.518. The molecule has 172 valence electrons. The van der Waals surface area contributed by atoms with Crippen molar-refractivity contribution in [3.63, 3.8) is 0 Å². The minimum Gasteiger partial charge on any atom is -0.383 e. The van der Waals surface area contributed by atoms with Gasteiger partial charge in [0.05, 0.1) is 15.6 Å². The van der Waals surface area contributed by atoms with Crippen molar-refractivity contribution in [1.29, 1.82) is 0 Å². The van der Waals surface area contributed by atoms with E-state index in [-0.39, 0.29) is 11.5 Å². The minimum absolute atomic E-state index is 0.222. The van der Waals surface area contributed by atoms with Gasteiger partial charge in [-0.25, -0.2) is 4.98 Å². The maximum absolute atomic E-state index is 11.9. The number of aromatic nitrogens is 2. The van der Waals surface area contributed by atoms with Crippen LogP contribution in [-0.2, 0) is 12.8 Å². The third kappa shape index (κ3) is 4.43. The van der Waals surface area contributed by atoms with Crippen LogP contribution in [0.2, 0.25) is 10.0 Å². The van der Waals surface area contributed by atoms with Crippen molar-refractivity contribution in [3.8, 4) is 11.1 Å². The summed E-state index contributed by atoms with van der Waals surface area (Å²) in [5.74, 6) is 0.719. The number of fused-ring (bicyclic) bond motifs is 1. The number of nitrogens with zero attached hydrogens (tertiary/aromatic N) is 3. The Kier molecular flexibility index (Phi) is 6.88. The van der Waals surface area contributed by atoms with E-state index < -0.39 is 0 Å². The van der Waals surface area contributed by atoms with Crippen molar-refractivity contribution in [2.24, 2.45) is 11.1 Å². The molecule has 3 aromatic rings. The van der Waals surface area contributed by atoms with E-state index in [0.29, 0.717) is 38.8 Å². The monoisotopic (exact) mass is 483 g/mol. The molecule has 5 rings (SSSR count). The van der Waals surface area contributed by atoms with Gasteiger partial charge in [0.25, 0.3) is 0 Å². The Morgan fingerprint density at radius 2 is 1.61 bits per heavy atom. The lowest BCUT2D eigenvalue weighted by Gasteiger charge is -2.39. The van der Waals surface area contributed by atoms with Gasteiger partial charge in [-0.2, -0.15) is 4.98 Å². The fourth-order valence-electron chi connectivity index (χ4n) is 4.99. The summed E-state index contributed by atoms with van der Waals surface area (Å²) in [7, 11) is 1.50. The fraction of sp³-hybridized carbons (Fsp3) is 0.320. The Morgan fingerprint density at radius 1 is 0.970 bits per heavy atom. The summed E-state index contributed by atoms with van der Waals surface area (Å²) < 4.78 is 0. The lowest BCUT2D eigenvalue weighted by atomic mass is 9.76. The number of anilines is 2. The van der Waals surface area contributed by atoms with Gasteiger partial charge in [-0.15, -0.1) is 0 Å². The topological polar surface area (TPSA) is 98.1 Å². The molecule has 8 heteroatoms. The van der Waals surface area contributed by atoms with Gasteiger partial charge >= 0.3 is 0 Å². The maximum atomic E-state index is 11.9. The summed E-state index contributed by atoms with van der Waals surface area (Å²) >= 11 is 12.5. The molecule has 33 heavy (non-hydrogen) atoms. The number of benzene rings is 2. The van der Waals surface area contributed by atoms with Gasteiger partial charge in [-0.1, -0.05) is 59.6 Å². The van der Waals surface area contributed by atoms with E-state index in [1.807, 2.05) is 0 Å². The lowest BCUT2D eigenvalue weighted by Crippen LogP contribution is -2.41. The van der Waals surface area contributed by atoms with Crippen molar-refractivity contribution >= 4 is 41.3 Å². The summed E-state index contributed by atoms with van der Waals surface area (Å²) in [6, 6.07) is 13.9. The zero-order valence-electron chi connectivity index (χ0n) is 18.5. The van der Waals surface area contributed by atoms with Crippen LogP contribution in [0, 0.1) is 5.41 Å².